The van der Waals surface area contributed by atoms with Gasteiger partial charge in [-0.15, -0.1) is 0 Å². The molecule has 1 aliphatic rings. The van der Waals surface area contributed by atoms with Gasteiger partial charge in [-0.1, -0.05) is 189 Å². The quantitative estimate of drug-likeness (QED) is 0.118. The van der Waals surface area contributed by atoms with Crippen molar-refractivity contribution in [2.75, 3.05) is 0 Å². The summed E-state index contributed by atoms with van der Waals surface area (Å²) in [5, 5.41) is 2.43. The minimum absolute atomic E-state index is 0.447. The lowest BCUT2D eigenvalue weighted by molar-refractivity contribution is 0.530. The summed E-state index contributed by atoms with van der Waals surface area (Å²) in [6.07, 6.45) is 12.9. The van der Waals surface area contributed by atoms with Crippen molar-refractivity contribution >= 4 is 35.0 Å². The third-order valence-electron chi connectivity index (χ3n) is 10.6. The van der Waals surface area contributed by atoms with Crippen LogP contribution in [-0.4, -0.2) is 12.1 Å². The van der Waals surface area contributed by atoms with Gasteiger partial charge >= 0.3 is 0 Å². The van der Waals surface area contributed by atoms with Gasteiger partial charge in [0, 0.05) is 23.8 Å². The molecule has 0 bridgehead atoms. The Balaban J connectivity index is 1.06. The Hall–Kier alpha value is -6.58. The molecule has 7 aromatic rings. The number of allylic oxidation sites excluding steroid dienone is 2. The Morgan fingerprint density at radius 3 is 2.09 bits per heavy atom. The van der Waals surface area contributed by atoms with Gasteiger partial charge in [0.05, 0.1) is 0 Å². The molecule has 2 atom stereocenters. The van der Waals surface area contributed by atoms with Gasteiger partial charge in [0.15, 0.2) is 5.66 Å². The van der Waals surface area contributed by atoms with E-state index in [-0.39, 0.29) is 0 Å². The predicted molar refractivity (Wildman–Crippen MR) is 235 cm³/mol. The second-order valence-electron chi connectivity index (χ2n) is 14.6. The standard InChI is InChI=1S/C52H45N3/c1-37-12-9-15-40-16-10-20-47(49(40)33-22-37)42-25-27-43(28-26-42)48-21-11-17-41-29-32-45(36-50(41)48)39-23-30-44(31-24-39)51(53)55-52(2,46-18-7-4-8-19-46)54-35-34-38-13-5-3-6-14-38/h3-11,13-33,35-37H,12,34H2,1-2H3,(H2,53,55)/b15-9-,33-22+,54-35+/t37-,52?/m0/s1. The third kappa shape index (κ3) is 7.88. The maximum absolute atomic E-state index is 6.72. The van der Waals surface area contributed by atoms with Gasteiger partial charge < -0.3 is 5.73 Å². The summed E-state index contributed by atoms with van der Waals surface area (Å²) >= 11 is 0. The van der Waals surface area contributed by atoms with E-state index in [1.165, 1.54) is 49.7 Å². The molecule has 0 fully saturated rings. The number of nitrogens with zero attached hydrogens (tertiary/aromatic N) is 2. The van der Waals surface area contributed by atoms with Crippen molar-refractivity contribution in [2.24, 2.45) is 21.6 Å². The molecule has 268 valence electrons. The van der Waals surface area contributed by atoms with Crippen molar-refractivity contribution in [3.8, 4) is 33.4 Å². The van der Waals surface area contributed by atoms with Gasteiger partial charge in [-0.25, -0.2) is 4.99 Å². The predicted octanol–water partition coefficient (Wildman–Crippen LogP) is 12.8. The van der Waals surface area contributed by atoms with Gasteiger partial charge in [0.25, 0.3) is 0 Å². The molecule has 0 spiro atoms. The minimum atomic E-state index is -0.863. The largest absolute Gasteiger partial charge is 0.383 e. The van der Waals surface area contributed by atoms with Crippen molar-refractivity contribution in [3.63, 3.8) is 0 Å². The number of aliphatic imine (C=N–C) groups is 2. The van der Waals surface area contributed by atoms with Crippen LogP contribution in [0.4, 0.5) is 0 Å². The van der Waals surface area contributed by atoms with Crippen molar-refractivity contribution < 1.29 is 0 Å². The Morgan fingerprint density at radius 1 is 0.673 bits per heavy atom. The van der Waals surface area contributed by atoms with E-state index >= 15 is 0 Å². The second-order valence-corrected chi connectivity index (χ2v) is 14.6. The number of fused-ring (bicyclic) bond motifs is 2. The van der Waals surface area contributed by atoms with E-state index in [1.54, 1.807) is 0 Å². The van der Waals surface area contributed by atoms with Crippen molar-refractivity contribution in [1.82, 2.24) is 0 Å². The highest BCUT2D eigenvalue weighted by Crippen LogP contribution is 2.36. The molecule has 0 aromatic heterocycles. The van der Waals surface area contributed by atoms with Crippen molar-refractivity contribution in [2.45, 2.75) is 32.4 Å². The van der Waals surface area contributed by atoms with E-state index in [1.807, 2.05) is 49.5 Å². The Morgan fingerprint density at radius 2 is 1.33 bits per heavy atom. The summed E-state index contributed by atoms with van der Waals surface area (Å²) in [4.78, 5) is 9.98. The van der Waals surface area contributed by atoms with Gasteiger partial charge in [-0.3, -0.25) is 4.99 Å². The number of rotatable bonds is 9. The van der Waals surface area contributed by atoms with Crippen LogP contribution in [-0.2, 0) is 12.1 Å². The Bertz CT molecular complexity index is 2540. The summed E-state index contributed by atoms with van der Waals surface area (Å²) in [6, 6.07) is 57.7. The van der Waals surface area contributed by atoms with Gasteiger partial charge in [-0.2, -0.15) is 0 Å². The molecule has 3 heteroatoms. The van der Waals surface area contributed by atoms with Crippen LogP contribution in [0.3, 0.4) is 0 Å². The lowest BCUT2D eigenvalue weighted by Gasteiger charge is -2.22. The van der Waals surface area contributed by atoms with Gasteiger partial charge in [0.1, 0.15) is 5.84 Å². The molecule has 8 rings (SSSR count). The van der Waals surface area contributed by atoms with E-state index in [2.05, 4.69) is 159 Å². The summed E-state index contributed by atoms with van der Waals surface area (Å²) in [5.74, 6) is 0.973. The highest BCUT2D eigenvalue weighted by atomic mass is 15.1. The average Bonchev–Trinajstić information content (AvgIpc) is 3.22. The van der Waals surface area contributed by atoms with Crippen LogP contribution in [0.5, 0.6) is 0 Å². The zero-order valence-electron chi connectivity index (χ0n) is 31.4. The summed E-state index contributed by atoms with van der Waals surface area (Å²) in [7, 11) is 0. The van der Waals surface area contributed by atoms with Crippen LogP contribution in [0.15, 0.2) is 186 Å². The van der Waals surface area contributed by atoms with Crippen molar-refractivity contribution in [1.29, 1.82) is 0 Å². The molecule has 0 saturated carbocycles. The first-order chi connectivity index (χ1) is 26.9. The van der Waals surface area contributed by atoms with E-state index < -0.39 is 5.66 Å². The molecule has 2 N–H and O–H groups in total. The number of hydrogen-bond donors (Lipinski definition) is 1. The summed E-state index contributed by atoms with van der Waals surface area (Å²) in [5.41, 5.74) is 18.6. The van der Waals surface area contributed by atoms with E-state index in [4.69, 9.17) is 15.7 Å². The number of benzene rings is 7. The Labute approximate surface area is 325 Å². The fraction of sp³-hybridized carbons (Fsp3) is 0.115. The third-order valence-corrected chi connectivity index (χ3v) is 10.6. The number of hydrogen-bond acceptors (Lipinski definition) is 2. The van der Waals surface area contributed by atoms with Gasteiger partial charge in [-0.05, 0) is 86.2 Å². The smallest absolute Gasteiger partial charge is 0.174 e. The molecular weight excluding hydrogens is 667 g/mol. The van der Waals surface area contributed by atoms with Crippen molar-refractivity contribution in [3.05, 3.63) is 204 Å². The molecule has 7 aromatic carbocycles. The molecule has 55 heavy (non-hydrogen) atoms. The maximum Gasteiger partial charge on any atom is 0.174 e. The van der Waals surface area contributed by atoms with Crippen LogP contribution in [0, 0.1) is 5.92 Å². The zero-order valence-corrected chi connectivity index (χ0v) is 31.4. The van der Waals surface area contributed by atoms with Crippen LogP contribution in [0.1, 0.15) is 48.1 Å². The SMILES string of the molecule is C[C@@H]1/C=C/c2c(cccc2-c2ccc(-c3cccc4ccc(-c5ccc(/C(N)=N/C(C)(/N=C/Cc6ccccc6)c6ccccc6)cc5)cc34)cc2)/C=C\C1. The number of amidine groups is 1. The van der Waals surface area contributed by atoms with Crippen LogP contribution >= 0.6 is 0 Å². The van der Waals surface area contributed by atoms with Crippen LogP contribution in [0.25, 0.3) is 56.3 Å². The fourth-order valence-electron chi connectivity index (χ4n) is 7.45. The molecule has 0 saturated heterocycles. The highest BCUT2D eigenvalue weighted by molar-refractivity contribution is 6.00. The molecule has 0 amide bonds. The lowest BCUT2D eigenvalue weighted by atomic mass is 9.90. The number of nitrogens with two attached hydrogens (primary N) is 1. The van der Waals surface area contributed by atoms with Crippen LogP contribution < -0.4 is 5.73 Å². The first kappa shape index (κ1) is 35.4. The maximum atomic E-state index is 6.72. The molecule has 1 unspecified atom stereocenters. The van der Waals surface area contributed by atoms with Gasteiger partial charge in [0.2, 0.25) is 0 Å². The van der Waals surface area contributed by atoms with Crippen LogP contribution in [0.2, 0.25) is 0 Å². The monoisotopic (exact) mass is 711 g/mol. The highest BCUT2D eigenvalue weighted by Gasteiger charge is 2.25. The van der Waals surface area contributed by atoms with E-state index in [0.29, 0.717) is 11.8 Å². The fourth-order valence-corrected chi connectivity index (χ4v) is 7.45. The average molecular weight is 712 g/mol. The minimum Gasteiger partial charge on any atom is -0.383 e. The molecule has 0 radical (unpaired) electrons. The zero-order chi connectivity index (χ0) is 37.6. The molecule has 0 heterocycles. The topological polar surface area (TPSA) is 50.7 Å². The van der Waals surface area contributed by atoms with E-state index in [0.717, 1.165) is 35.1 Å². The summed E-state index contributed by atoms with van der Waals surface area (Å²) < 4.78 is 0. The molecule has 0 aliphatic heterocycles. The second kappa shape index (κ2) is 15.8. The lowest BCUT2D eigenvalue weighted by Crippen LogP contribution is -2.24. The molecule has 3 nitrogen and oxygen atoms in total. The summed E-state index contributed by atoms with van der Waals surface area (Å²) in [6.45, 7) is 4.28. The first-order valence-corrected chi connectivity index (χ1v) is 19.1. The van der Waals surface area contributed by atoms with E-state index in [9.17, 15) is 0 Å². The molecule has 1 aliphatic carbocycles. The Kier molecular flexibility index (Phi) is 10.2. The normalized spacial score (nSPS) is 16.5. The molecular formula is C52H45N3. The first-order valence-electron chi connectivity index (χ1n) is 19.1.